The lowest BCUT2D eigenvalue weighted by atomic mass is 9.99. The predicted octanol–water partition coefficient (Wildman–Crippen LogP) is 1.93. The highest BCUT2D eigenvalue weighted by Crippen LogP contribution is 2.45. The van der Waals surface area contributed by atoms with Crippen molar-refractivity contribution in [1.29, 1.82) is 0 Å². The molecule has 0 saturated heterocycles. The van der Waals surface area contributed by atoms with Gasteiger partial charge >= 0.3 is 0 Å². The van der Waals surface area contributed by atoms with Gasteiger partial charge in [0, 0.05) is 39.0 Å². The van der Waals surface area contributed by atoms with E-state index in [1.54, 1.807) is 24.1 Å². The van der Waals surface area contributed by atoms with Crippen molar-refractivity contribution < 1.29 is 4.79 Å². The van der Waals surface area contributed by atoms with E-state index in [2.05, 4.69) is 40.9 Å². The lowest BCUT2D eigenvalue weighted by molar-refractivity contribution is 0.0958. The fourth-order valence-electron chi connectivity index (χ4n) is 3.24. The maximum atomic E-state index is 12.2. The maximum Gasteiger partial charge on any atom is 0.273 e. The van der Waals surface area contributed by atoms with Crippen LogP contribution in [-0.4, -0.2) is 50.2 Å². The number of aromatic nitrogens is 6. The lowest BCUT2D eigenvalue weighted by Crippen LogP contribution is -2.28. The molecule has 1 atom stereocenters. The Labute approximate surface area is 165 Å². The van der Waals surface area contributed by atoms with Crippen molar-refractivity contribution in [2.24, 2.45) is 7.05 Å². The van der Waals surface area contributed by atoms with Crippen LogP contribution in [0.1, 0.15) is 29.1 Å². The van der Waals surface area contributed by atoms with Gasteiger partial charge in [0.1, 0.15) is 11.4 Å². The van der Waals surface area contributed by atoms with Crippen LogP contribution in [0.4, 0.5) is 17.2 Å². The third-order valence-corrected chi connectivity index (χ3v) is 4.89. The second kappa shape index (κ2) is 6.71. The molecule has 4 heterocycles. The summed E-state index contributed by atoms with van der Waals surface area (Å²) < 4.78 is 0. The molecule has 0 saturated carbocycles. The Hall–Kier alpha value is -3.27. The van der Waals surface area contributed by atoms with Gasteiger partial charge in [0.05, 0.1) is 17.4 Å². The van der Waals surface area contributed by atoms with Gasteiger partial charge in [-0.2, -0.15) is 15.0 Å². The monoisotopic (exact) mass is 399 g/mol. The van der Waals surface area contributed by atoms with Crippen LogP contribution in [0.2, 0.25) is 5.15 Å². The van der Waals surface area contributed by atoms with Crippen LogP contribution in [-0.2, 0) is 7.05 Å². The molecular weight excluding hydrogens is 382 g/mol. The molecule has 0 aliphatic carbocycles. The molecule has 0 aromatic carbocycles. The minimum atomic E-state index is -0.380. The molecule has 1 amide bonds. The average Bonchev–Trinajstić information content (AvgIpc) is 3.07. The Morgan fingerprint density at radius 2 is 2.04 bits per heavy atom. The lowest BCUT2D eigenvalue weighted by Gasteiger charge is -2.33. The van der Waals surface area contributed by atoms with E-state index >= 15 is 0 Å². The third kappa shape index (κ3) is 2.82. The maximum absolute atomic E-state index is 12.2. The van der Waals surface area contributed by atoms with E-state index in [9.17, 15) is 4.79 Å². The van der Waals surface area contributed by atoms with Crippen LogP contribution in [0.5, 0.6) is 0 Å². The number of carbonyl (C=O) groups is 1. The summed E-state index contributed by atoms with van der Waals surface area (Å²) in [6, 6.07) is 3.44. The first kappa shape index (κ1) is 18.1. The molecule has 3 aromatic heterocycles. The number of rotatable bonds is 3. The molecule has 0 fully saturated rings. The average molecular weight is 400 g/mol. The number of nitrogens with one attached hydrogen (secondary N) is 2. The van der Waals surface area contributed by atoms with E-state index in [1.807, 2.05) is 20.0 Å². The van der Waals surface area contributed by atoms with Gasteiger partial charge in [-0.3, -0.25) is 4.79 Å². The topological polar surface area (TPSA) is 114 Å². The molecule has 2 N–H and O–H groups in total. The van der Waals surface area contributed by atoms with Gasteiger partial charge in [-0.05, 0) is 13.0 Å². The summed E-state index contributed by atoms with van der Waals surface area (Å²) in [7, 11) is 5.28. The van der Waals surface area contributed by atoms with Crippen molar-refractivity contribution >= 4 is 34.7 Å². The van der Waals surface area contributed by atoms with Crippen molar-refractivity contribution in [3.63, 3.8) is 0 Å². The molecule has 144 valence electrons. The van der Waals surface area contributed by atoms with Crippen LogP contribution in [0.15, 0.2) is 18.3 Å². The highest BCUT2D eigenvalue weighted by molar-refractivity contribution is 6.29. The fraction of sp³-hybridized carbons (Fsp3) is 0.294. The quantitative estimate of drug-likeness (QED) is 0.686. The van der Waals surface area contributed by atoms with Crippen LogP contribution >= 0.6 is 11.6 Å². The number of anilines is 3. The second-order valence-electron chi connectivity index (χ2n) is 6.40. The predicted molar refractivity (Wildman–Crippen MR) is 105 cm³/mol. The summed E-state index contributed by atoms with van der Waals surface area (Å²) in [4.78, 5) is 20.3. The molecule has 10 nitrogen and oxygen atoms in total. The number of hydrogen-bond donors (Lipinski definition) is 2. The molecule has 11 heteroatoms. The molecule has 28 heavy (non-hydrogen) atoms. The van der Waals surface area contributed by atoms with Gasteiger partial charge in [-0.25, -0.2) is 4.98 Å². The summed E-state index contributed by atoms with van der Waals surface area (Å²) >= 11 is 6.00. The highest BCUT2D eigenvalue weighted by atomic mass is 35.5. The van der Waals surface area contributed by atoms with E-state index in [0.29, 0.717) is 11.5 Å². The largest absolute Gasteiger partial charge is 0.363 e. The van der Waals surface area contributed by atoms with E-state index in [4.69, 9.17) is 11.6 Å². The summed E-state index contributed by atoms with van der Waals surface area (Å²) in [6.45, 7) is 2.05. The zero-order valence-corrected chi connectivity index (χ0v) is 16.5. The third-order valence-electron chi connectivity index (χ3n) is 4.71. The minimum absolute atomic E-state index is 0.00138. The molecule has 1 unspecified atom stereocenters. The van der Waals surface area contributed by atoms with Gasteiger partial charge in [0.25, 0.3) is 5.91 Å². The Bertz CT molecular complexity index is 1080. The number of fused-ring (bicyclic) bond motifs is 3. The van der Waals surface area contributed by atoms with Crippen molar-refractivity contribution in [2.75, 3.05) is 24.3 Å². The van der Waals surface area contributed by atoms with Crippen molar-refractivity contribution in [3.8, 4) is 11.3 Å². The van der Waals surface area contributed by atoms with Crippen molar-refractivity contribution in [1.82, 2.24) is 35.5 Å². The first-order valence-corrected chi connectivity index (χ1v) is 8.94. The Morgan fingerprint density at radius 3 is 2.79 bits per heavy atom. The zero-order valence-electron chi connectivity index (χ0n) is 15.7. The molecule has 0 radical (unpaired) electrons. The molecule has 1 aliphatic heterocycles. The minimum Gasteiger partial charge on any atom is -0.363 e. The first-order valence-electron chi connectivity index (χ1n) is 8.56. The van der Waals surface area contributed by atoms with Gasteiger partial charge in [-0.1, -0.05) is 11.6 Å². The van der Waals surface area contributed by atoms with E-state index < -0.39 is 0 Å². The smallest absolute Gasteiger partial charge is 0.273 e. The molecule has 0 spiro atoms. The van der Waals surface area contributed by atoms with Crippen LogP contribution in [0.3, 0.4) is 0 Å². The van der Waals surface area contributed by atoms with Crippen LogP contribution in [0.25, 0.3) is 11.3 Å². The molecule has 3 aromatic rings. The number of nitrogens with zero attached hydrogens (tertiary/aromatic N) is 7. The standard InChI is InChI=1S/C17H18ClN9O/c1-8-12-13(25-27(4)24-12)9-5-6-20-16(15(9)26(8)3)21-10-7-11(18)22-23-14(10)17(28)19-2/h5-8H,1-4H3,(H,19,28)(H,20,21,22). The van der Waals surface area contributed by atoms with Gasteiger partial charge < -0.3 is 15.5 Å². The SMILES string of the molecule is CNC(=O)c1nnc(Cl)cc1Nc1nccc2c1N(C)C(C)c1nn(C)nc1-2. The summed E-state index contributed by atoms with van der Waals surface area (Å²) in [5, 5.41) is 22.6. The summed E-state index contributed by atoms with van der Waals surface area (Å²) in [6.07, 6.45) is 1.68. The van der Waals surface area contributed by atoms with E-state index in [-0.39, 0.29) is 22.8 Å². The van der Waals surface area contributed by atoms with E-state index in [0.717, 1.165) is 22.6 Å². The van der Waals surface area contributed by atoms with Gasteiger partial charge in [-0.15, -0.1) is 10.2 Å². The second-order valence-corrected chi connectivity index (χ2v) is 6.79. The number of pyridine rings is 1. The van der Waals surface area contributed by atoms with Crippen LogP contribution < -0.4 is 15.5 Å². The Kier molecular flexibility index (Phi) is 4.34. The number of amides is 1. The van der Waals surface area contributed by atoms with Crippen molar-refractivity contribution in [2.45, 2.75) is 13.0 Å². The number of carbonyl (C=O) groups excluding carboxylic acids is 1. The Morgan fingerprint density at radius 1 is 1.25 bits per heavy atom. The summed E-state index contributed by atoms with van der Waals surface area (Å²) in [5.41, 5.74) is 3.99. The summed E-state index contributed by atoms with van der Waals surface area (Å²) in [5.74, 6) is 0.173. The van der Waals surface area contributed by atoms with Gasteiger partial charge in [0.15, 0.2) is 16.7 Å². The number of aryl methyl sites for hydroxylation is 1. The zero-order chi connectivity index (χ0) is 20.0. The molecule has 0 bridgehead atoms. The molecule has 1 aliphatic rings. The van der Waals surface area contributed by atoms with Gasteiger partial charge in [0.2, 0.25) is 0 Å². The van der Waals surface area contributed by atoms with Crippen molar-refractivity contribution in [3.05, 3.63) is 34.9 Å². The van der Waals surface area contributed by atoms with Crippen LogP contribution in [0, 0.1) is 0 Å². The fourth-order valence-corrected chi connectivity index (χ4v) is 3.39. The van der Waals surface area contributed by atoms with E-state index in [1.165, 1.54) is 7.05 Å². The Balaban J connectivity index is 1.85. The normalized spacial score (nSPS) is 15.0. The molecular formula is C17H18ClN9O. The first-order chi connectivity index (χ1) is 13.4. The molecule has 4 rings (SSSR count). The number of halogens is 1. The highest BCUT2D eigenvalue weighted by Gasteiger charge is 2.32. The number of hydrogen-bond acceptors (Lipinski definition) is 8.